The highest BCUT2D eigenvalue weighted by molar-refractivity contribution is 6.31. The number of aryl methyl sites for hydroxylation is 2. The first kappa shape index (κ1) is 15.8. The van der Waals surface area contributed by atoms with Gasteiger partial charge in [0, 0.05) is 17.1 Å². The van der Waals surface area contributed by atoms with E-state index in [0.717, 1.165) is 5.56 Å². The van der Waals surface area contributed by atoms with Crippen LogP contribution < -0.4 is 5.32 Å². The number of ether oxygens (including phenoxy) is 1. The predicted molar refractivity (Wildman–Crippen MR) is 86.7 cm³/mol. The molecule has 0 bridgehead atoms. The summed E-state index contributed by atoms with van der Waals surface area (Å²) in [5, 5.41) is 7.34. The van der Waals surface area contributed by atoms with Crippen molar-refractivity contribution < 1.29 is 14.1 Å². The monoisotopic (exact) mass is 335 g/mol. The van der Waals surface area contributed by atoms with Crippen LogP contribution in [0.3, 0.4) is 0 Å². The van der Waals surface area contributed by atoms with Crippen molar-refractivity contribution in [2.75, 3.05) is 25.0 Å². The van der Waals surface area contributed by atoms with E-state index in [9.17, 15) is 4.79 Å². The van der Waals surface area contributed by atoms with Crippen LogP contribution in [0.15, 0.2) is 28.8 Å². The molecule has 0 unspecified atom stereocenters. The van der Waals surface area contributed by atoms with Crippen LogP contribution >= 0.6 is 11.6 Å². The highest BCUT2D eigenvalue weighted by atomic mass is 35.5. The Hall–Kier alpha value is -2.05. The van der Waals surface area contributed by atoms with Gasteiger partial charge in [-0.1, -0.05) is 35.0 Å². The average Bonchev–Trinajstić information content (AvgIpc) is 2.87. The van der Waals surface area contributed by atoms with Crippen LogP contribution in [0.4, 0.5) is 10.5 Å². The first-order chi connectivity index (χ1) is 11.1. The molecular formula is C16H18ClN3O3. The summed E-state index contributed by atoms with van der Waals surface area (Å²) in [6.45, 7) is 4.99. The standard InChI is InChI=1S/C16H18ClN3O3/c1-10-15(11(2)23-19-10)18-16(21)20-7-8-22-14(9-20)12-5-3-4-6-13(12)17/h3-6,14H,7-9H2,1-2H3,(H,18,21)/t14-/m0/s1. The van der Waals surface area contributed by atoms with Crippen molar-refractivity contribution in [3.8, 4) is 0 Å². The Bertz CT molecular complexity index is 697. The summed E-state index contributed by atoms with van der Waals surface area (Å²) >= 11 is 6.22. The highest BCUT2D eigenvalue weighted by Crippen LogP contribution is 2.28. The molecule has 1 saturated heterocycles. The molecule has 23 heavy (non-hydrogen) atoms. The van der Waals surface area contributed by atoms with E-state index in [0.29, 0.717) is 41.9 Å². The molecule has 0 saturated carbocycles. The van der Waals surface area contributed by atoms with E-state index in [1.165, 1.54) is 0 Å². The number of benzene rings is 1. The van der Waals surface area contributed by atoms with Crippen LogP contribution in [-0.4, -0.2) is 35.8 Å². The Labute approximate surface area is 139 Å². The molecule has 2 amide bonds. The predicted octanol–water partition coefficient (Wildman–Crippen LogP) is 3.55. The number of nitrogens with zero attached hydrogens (tertiary/aromatic N) is 2. The average molecular weight is 336 g/mol. The van der Waals surface area contributed by atoms with Crippen molar-refractivity contribution in [3.63, 3.8) is 0 Å². The van der Waals surface area contributed by atoms with Gasteiger partial charge in [0.15, 0.2) is 5.76 Å². The summed E-state index contributed by atoms with van der Waals surface area (Å²) in [5.74, 6) is 0.590. The van der Waals surface area contributed by atoms with E-state index in [2.05, 4.69) is 10.5 Å². The van der Waals surface area contributed by atoms with Gasteiger partial charge in [0.1, 0.15) is 17.5 Å². The van der Waals surface area contributed by atoms with Crippen LogP contribution in [0.5, 0.6) is 0 Å². The second-order valence-electron chi connectivity index (χ2n) is 5.46. The summed E-state index contributed by atoms with van der Waals surface area (Å²) in [6.07, 6.45) is -0.229. The fourth-order valence-electron chi connectivity index (χ4n) is 2.61. The topological polar surface area (TPSA) is 67.6 Å². The number of hydrogen-bond donors (Lipinski definition) is 1. The number of aromatic nitrogens is 1. The Morgan fingerprint density at radius 2 is 2.17 bits per heavy atom. The minimum atomic E-state index is -0.229. The van der Waals surface area contributed by atoms with E-state index < -0.39 is 0 Å². The second-order valence-corrected chi connectivity index (χ2v) is 5.86. The number of amides is 2. The molecule has 1 aliphatic heterocycles. The number of anilines is 1. The Morgan fingerprint density at radius 1 is 1.39 bits per heavy atom. The van der Waals surface area contributed by atoms with E-state index in [1.807, 2.05) is 24.3 Å². The molecule has 1 aliphatic rings. The Morgan fingerprint density at radius 3 is 2.87 bits per heavy atom. The van der Waals surface area contributed by atoms with Crippen LogP contribution in [0.2, 0.25) is 5.02 Å². The highest BCUT2D eigenvalue weighted by Gasteiger charge is 2.27. The van der Waals surface area contributed by atoms with Crippen molar-refractivity contribution in [2.45, 2.75) is 20.0 Å². The maximum atomic E-state index is 12.5. The number of carbonyl (C=O) groups excluding carboxylic acids is 1. The normalized spacial score (nSPS) is 18.0. The van der Waals surface area contributed by atoms with Gasteiger partial charge in [-0.25, -0.2) is 4.79 Å². The lowest BCUT2D eigenvalue weighted by Gasteiger charge is -2.33. The van der Waals surface area contributed by atoms with E-state index in [1.54, 1.807) is 18.7 Å². The zero-order valence-corrected chi connectivity index (χ0v) is 13.8. The van der Waals surface area contributed by atoms with Gasteiger partial charge in [-0.05, 0) is 19.9 Å². The van der Waals surface area contributed by atoms with Gasteiger partial charge in [0.05, 0.1) is 13.2 Å². The lowest BCUT2D eigenvalue weighted by atomic mass is 10.1. The van der Waals surface area contributed by atoms with Crippen molar-refractivity contribution >= 4 is 23.3 Å². The van der Waals surface area contributed by atoms with E-state index in [4.69, 9.17) is 20.9 Å². The molecule has 2 heterocycles. The molecule has 1 atom stereocenters. The molecule has 6 nitrogen and oxygen atoms in total. The third kappa shape index (κ3) is 3.33. The Balaban J connectivity index is 1.71. The van der Waals surface area contributed by atoms with Gasteiger partial charge >= 0.3 is 6.03 Å². The molecule has 2 aromatic rings. The summed E-state index contributed by atoms with van der Waals surface area (Å²) in [7, 11) is 0. The molecule has 0 aliphatic carbocycles. The van der Waals surface area contributed by atoms with Crippen molar-refractivity contribution in [2.24, 2.45) is 0 Å². The van der Waals surface area contributed by atoms with E-state index in [-0.39, 0.29) is 12.1 Å². The fourth-order valence-corrected chi connectivity index (χ4v) is 2.86. The third-order valence-corrected chi connectivity index (χ3v) is 4.22. The molecule has 0 radical (unpaired) electrons. The molecule has 122 valence electrons. The minimum Gasteiger partial charge on any atom is -0.370 e. The summed E-state index contributed by atoms with van der Waals surface area (Å²) < 4.78 is 10.8. The zero-order valence-electron chi connectivity index (χ0n) is 13.0. The lowest BCUT2D eigenvalue weighted by molar-refractivity contribution is -0.0134. The molecule has 0 spiro atoms. The Kier molecular flexibility index (Phi) is 4.54. The van der Waals surface area contributed by atoms with Gasteiger partial charge in [0.25, 0.3) is 0 Å². The summed E-state index contributed by atoms with van der Waals surface area (Å²) in [5.41, 5.74) is 2.17. The quantitative estimate of drug-likeness (QED) is 0.911. The number of nitrogens with one attached hydrogen (secondary N) is 1. The first-order valence-corrected chi connectivity index (χ1v) is 7.79. The van der Waals surface area contributed by atoms with Crippen molar-refractivity contribution in [1.29, 1.82) is 0 Å². The fraction of sp³-hybridized carbons (Fsp3) is 0.375. The largest absolute Gasteiger partial charge is 0.370 e. The summed E-state index contributed by atoms with van der Waals surface area (Å²) in [4.78, 5) is 14.2. The van der Waals surface area contributed by atoms with Crippen molar-refractivity contribution in [1.82, 2.24) is 10.1 Å². The molecule has 1 fully saturated rings. The number of rotatable bonds is 2. The van der Waals surface area contributed by atoms with Crippen LogP contribution in [0.25, 0.3) is 0 Å². The van der Waals surface area contributed by atoms with Crippen molar-refractivity contribution in [3.05, 3.63) is 46.3 Å². The van der Waals surface area contributed by atoms with E-state index >= 15 is 0 Å². The maximum Gasteiger partial charge on any atom is 0.322 e. The number of urea groups is 1. The van der Waals surface area contributed by atoms with Gasteiger partial charge in [-0.2, -0.15) is 0 Å². The molecule has 1 N–H and O–H groups in total. The molecule has 3 rings (SSSR count). The first-order valence-electron chi connectivity index (χ1n) is 7.41. The molecular weight excluding hydrogens is 318 g/mol. The molecule has 1 aromatic heterocycles. The maximum absolute atomic E-state index is 12.5. The number of morpholine rings is 1. The van der Waals surface area contributed by atoms with Gasteiger partial charge < -0.3 is 19.5 Å². The number of halogens is 1. The SMILES string of the molecule is Cc1noc(C)c1NC(=O)N1CCO[C@H](c2ccccc2Cl)C1. The van der Waals surface area contributed by atoms with Gasteiger partial charge in [-0.15, -0.1) is 0 Å². The lowest BCUT2D eigenvalue weighted by Crippen LogP contribution is -2.44. The molecule has 7 heteroatoms. The number of carbonyl (C=O) groups is 1. The van der Waals surface area contributed by atoms with Crippen LogP contribution in [0.1, 0.15) is 23.1 Å². The van der Waals surface area contributed by atoms with Gasteiger partial charge in [0.2, 0.25) is 0 Å². The van der Waals surface area contributed by atoms with Gasteiger partial charge in [-0.3, -0.25) is 0 Å². The van der Waals surface area contributed by atoms with Crippen LogP contribution in [-0.2, 0) is 4.74 Å². The number of hydrogen-bond acceptors (Lipinski definition) is 4. The second kappa shape index (κ2) is 6.60. The zero-order chi connectivity index (χ0) is 16.4. The molecule has 1 aromatic carbocycles. The summed E-state index contributed by atoms with van der Waals surface area (Å²) in [6, 6.07) is 7.33. The minimum absolute atomic E-state index is 0.195. The smallest absolute Gasteiger partial charge is 0.322 e. The van der Waals surface area contributed by atoms with Crippen LogP contribution in [0, 0.1) is 13.8 Å². The third-order valence-electron chi connectivity index (χ3n) is 3.87.